The zero-order valence-electron chi connectivity index (χ0n) is 24.1. The molecule has 44 heavy (non-hydrogen) atoms. The Morgan fingerprint density at radius 1 is 1.20 bits per heavy atom. The molecule has 2 aromatic heterocycles. The van der Waals surface area contributed by atoms with Crippen LogP contribution >= 0.6 is 34.5 Å². The molecule has 3 fully saturated rings. The van der Waals surface area contributed by atoms with Crippen molar-refractivity contribution in [1.29, 1.82) is 0 Å². The number of hydrogen-bond acceptors (Lipinski definition) is 10. The molecule has 0 spiro atoms. The van der Waals surface area contributed by atoms with Crippen LogP contribution in [-0.2, 0) is 31.2 Å². The first kappa shape index (κ1) is 29.9. The summed E-state index contributed by atoms with van der Waals surface area (Å²) >= 11 is 14.1. The molecule has 0 bridgehead atoms. The van der Waals surface area contributed by atoms with Crippen LogP contribution in [0.1, 0.15) is 59.3 Å². The third-order valence-electron chi connectivity index (χ3n) is 8.05. The first-order valence-corrected chi connectivity index (χ1v) is 15.9. The molecule has 3 aliphatic rings. The van der Waals surface area contributed by atoms with E-state index in [2.05, 4.69) is 10.1 Å². The van der Waals surface area contributed by atoms with Gasteiger partial charge in [-0.05, 0) is 51.0 Å². The number of benzene rings is 2. The van der Waals surface area contributed by atoms with Crippen molar-refractivity contribution in [3.05, 3.63) is 62.3 Å². The molecule has 2 aromatic carbocycles. The third-order valence-corrected chi connectivity index (χ3v) is 9.83. The lowest BCUT2D eigenvalue weighted by Gasteiger charge is -2.21. The normalized spacial score (nSPS) is 24.8. The van der Waals surface area contributed by atoms with Gasteiger partial charge in [0.2, 0.25) is 5.67 Å². The monoisotopic (exact) mass is 662 g/mol. The SMILES string of the molecule is COC(=O)c1cc(OC(C)C)c2nc([C@]3(F)CO[C@@H]4[C@@H](OCc5c(-c6c(Cl)cccc6Cl)noc5C5CC5)CO[C@@H]43)sc2c1. The van der Waals surface area contributed by atoms with Crippen LogP contribution in [0, 0.1) is 0 Å². The fraction of sp³-hybridized carbons (Fsp3) is 0.452. The molecule has 0 N–H and O–H groups in total. The minimum absolute atomic E-state index is 0.131. The first-order valence-electron chi connectivity index (χ1n) is 14.3. The van der Waals surface area contributed by atoms with E-state index in [0.29, 0.717) is 42.8 Å². The zero-order chi connectivity index (χ0) is 30.7. The Hall–Kier alpha value is -2.80. The van der Waals surface area contributed by atoms with E-state index in [-0.39, 0.29) is 36.9 Å². The molecule has 4 atom stereocenters. The summed E-state index contributed by atoms with van der Waals surface area (Å²) in [5, 5.41) is 5.41. The lowest BCUT2D eigenvalue weighted by molar-refractivity contribution is -0.0501. The van der Waals surface area contributed by atoms with E-state index in [0.717, 1.165) is 35.5 Å². The third kappa shape index (κ3) is 5.17. The lowest BCUT2D eigenvalue weighted by atomic mass is 9.98. The number of hydrogen-bond donors (Lipinski definition) is 0. The number of esters is 1. The van der Waals surface area contributed by atoms with Crippen LogP contribution in [0.4, 0.5) is 4.39 Å². The van der Waals surface area contributed by atoms with Gasteiger partial charge in [0.15, 0.2) is 0 Å². The van der Waals surface area contributed by atoms with Gasteiger partial charge in [-0.3, -0.25) is 0 Å². The highest BCUT2D eigenvalue weighted by atomic mass is 35.5. The summed E-state index contributed by atoms with van der Waals surface area (Å²) in [6, 6.07) is 8.46. The van der Waals surface area contributed by atoms with Crippen LogP contribution < -0.4 is 4.74 Å². The Kier molecular flexibility index (Phi) is 7.83. The molecule has 1 saturated carbocycles. The van der Waals surface area contributed by atoms with Crippen molar-refractivity contribution in [2.75, 3.05) is 20.3 Å². The van der Waals surface area contributed by atoms with E-state index in [1.807, 2.05) is 13.8 Å². The van der Waals surface area contributed by atoms with Crippen molar-refractivity contribution >= 4 is 50.7 Å². The lowest BCUT2D eigenvalue weighted by Crippen LogP contribution is -2.38. The molecular weight excluding hydrogens is 634 g/mol. The van der Waals surface area contributed by atoms with Crippen molar-refractivity contribution in [1.82, 2.24) is 10.1 Å². The maximum absolute atomic E-state index is 16.9. The van der Waals surface area contributed by atoms with Gasteiger partial charge in [0, 0.05) is 17.0 Å². The Morgan fingerprint density at radius 2 is 1.98 bits per heavy atom. The van der Waals surface area contributed by atoms with Gasteiger partial charge >= 0.3 is 5.97 Å². The molecule has 2 saturated heterocycles. The van der Waals surface area contributed by atoms with Crippen molar-refractivity contribution in [2.45, 2.75) is 69.3 Å². The average Bonchev–Trinajstić information content (AvgIpc) is 3.31. The number of rotatable bonds is 9. The van der Waals surface area contributed by atoms with Gasteiger partial charge in [-0.25, -0.2) is 14.2 Å². The van der Waals surface area contributed by atoms with E-state index >= 15 is 4.39 Å². The maximum Gasteiger partial charge on any atom is 0.338 e. The van der Waals surface area contributed by atoms with Gasteiger partial charge in [-0.15, -0.1) is 11.3 Å². The van der Waals surface area contributed by atoms with Crippen molar-refractivity contribution in [2.24, 2.45) is 0 Å². The number of halogens is 3. The van der Waals surface area contributed by atoms with Crippen LogP contribution in [-0.4, -0.2) is 60.8 Å². The number of ether oxygens (including phenoxy) is 5. The fourth-order valence-electron chi connectivity index (χ4n) is 5.79. The zero-order valence-corrected chi connectivity index (χ0v) is 26.4. The highest BCUT2D eigenvalue weighted by molar-refractivity contribution is 7.18. The van der Waals surface area contributed by atoms with Gasteiger partial charge in [-0.1, -0.05) is 34.4 Å². The Bertz CT molecular complexity index is 1720. The van der Waals surface area contributed by atoms with E-state index in [1.54, 1.807) is 30.3 Å². The molecule has 0 unspecified atom stereocenters. The summed E-state index contributed by atoms with van der Waals surface area (Å²) in [6.07, 6.45) is -0.349. The molecule has 9 nitrogen and oxygen atoms in total. The van der Waals surface area contributed by atoms with Gasteiger partial charge in [-0.2, -0.15) is 0 Å². The van der Waals surface area contributed by atoms with Crippen LogP contribution in [0.3, 0.4) is 0 Å². The average molecular weight is 664 g/mol. The maximum atomic E-state index is 16.9. The molecule has 4 heterocycles. The van der Waals surface area contributed by atoms with Gasteiger partial charge < -0.3 is 28.2 Å². The standard InChI is InChI=1S/C31H29Cl2FN2O7S/c1-14(2)42-20-9-16(29(37)38-3)10-22-25(20)35-30(44-22)31(34)13-41-27-21(12-40-28(27)31)39-11-17-24(36-43-26(17)15-7-8-15)23-18(32)5-4-6-19(23)33/h4-6,9-10,14-15,21,27-28H,7-8,11-13H2,1-3H3/t21-,27+,28-,31-/m0/s1. The van der Waals surface area contributed by atoms with Crippen molar-refractivity contribution < 1.29 is 37.4 Å². The van der Waals surface area contributed by atoms with Crippen LogP contribution in [0.5, 0.6) is 5.75 Å². The molecule has 13 heteroatoms. The number of nitrogens with zero attached hydrogens (tertiary/aromatic N) is 2. The Morgan fingerprint density at radius 3 is 2.68 bits per heavy atom. The highest BCUT2D eigenvalue weighted by Gasteiger charge is 2.60. The van der Waals surface area contributed by atoms with Gasteiger partial charge in [0.05, 0.1) is 53.3 Å². The summed E-state index contributed by atoms with van der Waals surface area (Å²) in [7, 11) is 1.30. The predicted molar refractivity (Wildman–Crippen MR) is 162 cm³/mol. The Labute approximate surface area is 266 Å². The minimum atomic E-state index is -2.03. The number of aromatic nitrogens is 2. The van der Waals surface area contributed by atoms with Crippen molar-refractivity contribution in [3.63, 3.8) is 0 Å². The number of fused-ring (bicyclic) bond motifs is 2. The summed E-state index contributed by atoms with van der Waals surface area (Å²) < 4.78 is 52.4. The van der Waals surface area contributed by atoms with E-state index < -0.39 is 29.9 Å². The quantitative estimate of drug-likeness (QED) is 0.171. The molecule has 0 radical (unpaired) electrons. The van der Waals surface area contributed by atoms with Gasteiger partial charge in [0.1, 0.15) is 46.0 Å². The highest BCUT2D eigenvalue weighted by Crippen LogP contribution is 2.49. The summed E-state index contributed by atoms with van der Waals surface area (Å²) in [4.78, 5) is 16.9. The molecule has 1 aliphatic carbocycles. The second-order valence-electron chi connectivity index (χ2n) is 11.5. The molecule has 4 aromatic rings. The largest absolute Gasteiger partial charge is 0.489 e. The molecule has 232 valence electrons. The predicted octanol–water partition coefficient (Wildman–Crippen LogP) is 7.26. The minimum Gasteiger partial charge on any atom is -0.489 e. The molecule has 7 rings (SSSR count). The Balaban J connectivity index is 1.14. The summed E-state index contributed by atoms with van der Waals surface area (Å²) in [6.45, 7) is 3.74. The number of thiazole rings is 1. The van der Waals surface area contributed by atoms with Gasteiger partial charge in [0.25, 0.3) is 0 Å². The molecule has 2 aliphatic heterocycles. The smallest absolute Gasteiger partial charge is 0.338 e. The second-order valence-corrected chi connectivity index (χ2v) is 13.3. The number of methoxy groups -OCH3 is 1. The van der Waals surface area contributed by atoms with E-state index in [9.17, 15) is 4.79 Å². The second kappa shape index (κ2) is 11.5. The summed E-state index contributed by atoms with van der Waals surface area (Å²) in [5.74, 6) is 0.862. The molecular formula is C31H29Cl2FN2O7S. The van der Waals surface area contributed by atoms with E-state index in [4.69, 9.17) is 51.4 Å². The van der Waals surface area contributed by atoms with Crippen LogP contribution in [0.15, 0.2) is 34.9 Å². The number of carbonyl (C=O) groups excluding carboxylic acids is 1. The number of carbonyl (C=O) groups is 1. The van der Waals surface area contributed by atoms with Crippen molar-refractivity contribution in [3.8, 4) is 17.0 Å². The van der Waals surface area contributed by atoms with Crippen LogP contribution in [0.2, 0.25) is 10.0 Å². The van der Waals surface area contributed by atoms with Crippen LogP contribution in [0.25, 0.3) is 21.5 Å². The number of alkyl halides is 1. The van der Waals surface area contributed by atoms with E-state index in [1.165, 1.54) is 7.11 Å². The topological polar surface area (TPSA) is 102 Å². The first-order chi connectivity index (χ1) is 21.2. The summed E-state index contributed by atoms with van der Waals surface area (Å²) in [5.41, 5.74) is 0.605. The molecule has 0 amide bonds. The fourth-order valence-corrected chi connectivity index (χ4v) is 7.49.